The summed E-state index contributed by atoms with van der Waals surface area (Å²) < 4.78 is 5.27. The number of rotatable bonds is 5. The van der Waals surface area contributed by atoms with Crippen molar-refractivity contribution in [1.82, 2.24) is 4.98 Å². The number of benzene rings is 2. The molecular formula is C25H27Cl2FeN3O. The molecule has 0 spiro atoms. The van der Waals surface area contributed by atoms with Crippen molar-refractivity contribution in [2.75, 3.05) is 7.11 Å². The number of aliphatic imine (C=N–C) groups is 2. The number of halogens is 2. The number of hydrogen-bond acceptors (Lipinski definition) is 4. The summed E-state index contributed by atoms with van der Waals surface area (Å²) in [5.41, 5.74) is 8.78. The molecule has 0 bridgehead atoms. The van der Waals surface area contributed by atoms with Crippen LogP contribution in [0, 0.1) is 20.8 Å². The van der Waals surface area contributed by atoms with Gasteiger partial charge in [0.15, 0.2) is 0 Å². The van der Waals surface area contributed by atoms with E-state index in [4.69, 9.17) is 39.9 Å². The quantitative estimate of drug-likeness (QED) is 0.260. The van der Waals surface area contributed by atoms with Gasteiger partial charge in [-0.05, 0) is 82.1 Å². The molecule has 170 valence electrons. The number of methoxy groups -OCH3 is 1. The molecule has 0 aliphatic carbocycles. The fourth-order valence-corrected chi connectivity index (χ4v) is 3.12. The van der Waals surface area contributed by atoms with Gasteiger partial charge in [-0.3, -0.25) is 9.98 Å². The molecule has 3 rings (SSSR count). The molecule has 0 aliphatic rings. The molecule has 1 aromatic heterocycles. The number of pyridine rings is 1. The van der Waals surface area contributed by atoms with E-state index in [9.17, 15) is 0 Å². The fourth-order valence-electron chi connectivity index (χ4n) is 3.12. The molecule has 0 N–H and O–H groups in total. The summed E-state index contributed by atoms with van der Waals surface area (Å²) in [7, 11) is 11.2. The predicted molar refractivity (Wildman–Crippen MR) is 133 cm³/mol. The van der Waals surface area contributed by atoms with Gasteiger partial charge in [-0.25, -0.2) is 4.98 Å². The Morgan fingerprint density at radius 2 is 1.31 bits per heavy atom. The van der Waals surface area contributed by atoms with Crippen LogP contribution in [0.1, 0.15) is 41.9 Å². The van der Waals surface area contributed by atoms with Gasteiger partial charge < -0.3 is 4.74 Å². The third-order valence-corrected chi connectivity index (χ3v) is 4.82. The van der Waals surface area contributed by atoms with E-state index in [1.54, 1.807) is 7.11 Å². The summed E-state index contributed by atoms with van der Waals surface area (Å²) in [4.78, 5) is 14.3. The molecule has 0 atom stereocenters. The van der Waals surface area contributed by atoms with Crippen molar-refractivity contribution in [2.45, 2.75) is 34.6 Å². The maximum atomic E-state index is 5.27. The third kappa shape index (κ3) is 7.46. The first kappa shape index (κ1) is 26.1. The van der Waals surface area contributed by atoms with E-state index in [2.05, 4.69) is 32.0 Å². The zero-order valence-electron chi connectivity index (χ0n) is 19.1. The first-order valence-corrected chi connectivity index (χ1v) is 13.0. The van der Waals surface area contributed by atoms with Crippen LogP contribution in [0.2, 0.25) is 0 Å². The molecule has 0 fully saturated rings. The van der Waals surface area contributed by atoms with Gasteiger partial charge in [-0.2, -0.15) is 0 Å². The molecule has 3 aromatic rings. The topological polar surface area (TPSA) is 46.8 Å². The molecule has 1 heterocycles. The molecular weight excluding hydrogens is 485 g/mol. The van der Waals surface area contributed by atoms with E-state index in [0.717, 1.165) is 51.1 Å². The normalized spacial score (nSPS) is 11.8. The SMILES string of the molecule is COc1ccc(N=C(C)c2cccc(C(C)=Nc3ccc(C)cc3C)n2)c(C)c1.[Cl][Fe][Cl]. The molecule has 32 heavy (non-hydrogen) atoms. The number of nitrogens with zero attached hydrogens (tertiary/aromatic N) is 3. The fraction of sp³-hybridized carbons (Fsp3) is 0.240. The zero-order valence-corrected chi connectivity index (χ0v) is 21.7. The molecule has 0 amide bonds. The first-order chi connectivity index (χ1) is 15.3. The van der Waals surface area contributed by atoms with Crippen LogP contribution in [0.15, 0.2) is 64.6 Å². The van der Waals surface area contributed by atoms with Crippen molar-refractivity contribution in [3.63, 3.8) is 0 Å². The monoisotopic (exact) mass is 511 g/mol. The van der Waals surface area contributed by atoms with Crippen molar-refractivity contribution >= 4 is 43.0 Å². The van der Waals surface area contributed by atoms with E-state index >= 15 is 0 Å². The molecule has 4 nitrogen and oxygen atoms in total. The average molecular weight is 512 g/mol. The minimum atomic E-state index is 0.194. The second-order valence-corrected chi connectivity index (χ2v) is 9.12. The van der Waals surface area contributed by atoms with Gasteiger partial charge in [0, 0.05) is 0 Å². The van der Waals surface area contributed by atoms with Crippen molar-refractivity contribution in [3.05, 3.63) is 82.7 Å². The van der Waals surface area contributed by atoms with Crippen molar-refractivity contribution in [3.8, 4) is 5.75 Å². The summed E-state index contributed by atoms with van der Waals surface area (Å²) in [6.45, 7) is 10.2. The summed E-state index contributed by atoms with van der Waals surface area (Å²) in [5, 5.41) is 0. The van der Waals surface area contributed by atoms with Gasteiger partial charge in [0.2, 0.25) is 0 Å². The number of hydrogen-bond donors (Lipinski definition) is 0. The number of aromatic nitrogens is 1. The number of ether oxygens (including phenoxy) is 1. The van der Waals surface area contributed by atoms with E-state index < -0.39 is 0 Å². The van der Waals surface area contributed by atoms with Crippen LogP contribution in [0.4, 0.5) is 11.4 Å². The van der Waals surface area contributed by atoms with Crippen LogP contribution in [0.25, 0.3) is 0 Å². The van der Waals surface area contributed by atoms with E-state index in [0.29, 0.717) is 0 Å². The Kier molecular flexibility index (Phi) is 10.4. The van der Waals surface area contributed by atoms with Crippen molar-refractivity contribution in [1.29, 1.82) is 0 Å². The first-order valence-electron chi connectivity index (χ1n) is 9.94. The molecule has 0 aliphatic heterocycles. The van der Waals surface area contributed by atoms with Crippen LogP contribution >= 0.6 is 20.2 Å². The van der Waals surface area contributed by atoms with Gasteiger partial charge in [-0.1, -0.05) is 23.8 Å². The molecule has 0 saturated carbocycles. The molecule has 7 heteroatoms. The standard InChI is InChI=1S/C25H27N3O.2ClH.Fe/c1-16-10-12-22(17(2)14-16)26-19(4)24-8-7-9-25(28-24)20(5)27-23-13-11-21(29-6)15-18(23)3;;;/h7-15H,1-6H3;2*1H;/q;;;+2/p-2. The molecule has 0 unspecified atom stereocenters. The second-order valence-electron chi connectivity index (χ2n) is 7.30. The van der Waals surface area contributed by atoms with Gasteiger partial charge in [0.05, 0.1) is 41.3 Å². The Morgan fingerprint density at radius 3 is 1.78 bits per heavy atom. The van der Waals surface area contributed by atoms with Crippen molar-refractivity contribution < 1.29 is 17.9 Å². The van der Waals surface area contributed by atoms with Crippen LogP contribution < -0.4 is 4.74 Å². The van der Waals surface area contributed by atoms with Crippen LogP contribution in [0.5, 0.6) is 5.75 Å². The second kappa shape index (κ2) is 12.8. The predicted octanol–water partition coefficient (Wildman–Crippen LogP) is 7.67. The molecule has 2 aromatic carbocycles. The van der Waals surface area contributed by atoms with Crippen LogP contribution in [0.3, 0.4) is 0 Å². The Balaban J connectivity index is 0.00000114. The van der Waals surface area contributed by atoms with Crippen molar-refractivity contribution in [2.24, 2.45) is 9.98 Å². The van der Waals surface area contributed by atoms with Gasteiger partial charge >= 0.3 is 33.3 Å². The Bertz CT molecular complexity index is 1130. The Morgan fingerprint density at radius 1 is 0.812 bits per heavy atom. The van der Waals surface area contributed by atoms with Crippen LogP contribution in [-0.2, 0) is 13.1 Å². The van der Waals surface area contributed by atoms with E-state index in [-0.39, 0.29) is 13.1 Å². The summed E-state index contributed by atoms with van der Waals surface area (Å²) in [6, 6.07) is 18.1. The number of aryl methyl sites for hydroxylation is 3. The van der Waals surface area contributed by atoms with E-state index in [1.165, 1.54) is 5.56 Å². The molecule has 0 radical (unpaired) electrons. The van der Waals surface area contributed by atoms with Crippen LogP contribution in [-0.4, -0.2) is 23.5 Å². The zero-order chi connectivity index (χ0) is 23.7. The maximum absolute atomic E-state index is 5.27. The molecule has 0 saturated heterocycles. The average Bonchev–Trinajstić information content (AvgIpc) is 2.77. The summed E-state index contributed by atoms with van der Waals surface area (Å²) >= 11 is 0.194. The van der Waals surface area contributed by atoms with Gasteiger partial charge in [-0.15, -0.1) is 0 Å². The Hall–Kier alpha value is -2.17. The third-order valence-electron chi connectivity index (χ3n) is 4.82. The minimum absolute atomic E-state index is 0.194. The Labute approximate surface area is 205 Å². The van der Waals surface area contributed by atoms with Gasteiger partial charge in [0.1, 0.15) is 5.75 Å². The summed E-state index contributed by atoms with van der Waals surface area (Å²) in [6.07, 6.45) is 0. The van der Waals surface area contributed by atoms with Gasteiger partial charge in [0.25, 0.3) is 0 Å². The van der Waals surface area contributed by atoms with E-state index in [1.807, 2.05) is 57.2 Å². The summed E-state index contributed by atoms with van der Waals surface area (Å²) in [5.74, 6) is 0.831.